The first-order valence-corrected chi connectivity index (χ1v) is 7.00. The van der Waals surface area contributed by atoms with E-state index in [-0.39, 0.29) is 6.10 Å². The van der Waals surface area contributed by atoms with Gasteiger partial charge >= 0.3 is 0 Å². The summed E-state index contributed by atoms with van der Waals surface area (Å²) in [6, 6.07) is 7.53. The first-order chi connectivity index (χ1) is 9.72. The van der Waals surface area contributed by atoms with E-state index < -0.39 is 5.79 Å². The largest absolute Gasteiger partial charge is 0.342 e. The third-order valence-electron chi connectivity index (χ3n) is 3.44. The average Bonchev–Trinajstić information content (AvgIpc) is 3.10. The molecule has 0 spiro atoms. The van der Waals surface area contributed by atoms with Crippen LogP contribution in [0.2, 0.25) is 5.02 Å². The van der Waals surface area contributed by atoms with Gasteiger partial charge in [-0.25, -0.2) is 9.67 Å². The van der Waals surface area contributed by atoms with Crippen LogP contribution in [0, 0.1) is 0 Å². The summed E-state index contributed by atoms with van der Waals surface area (Å²) in [6.07, 6.45) is 4.16. The van der Waals surface area contributed by atoms with Gasteiger partial charge in [-0.3, -0.25) is 0 Å². The van der Waals surface area contributed by atoms with Crippen LogP contribution in [0.25, 0.3) is 0 Å². The van der Waals surface area contributed by atoms with Crippen molar-refractivity contribution >= 4 is 11.6 Å². The molecule has 1 saturated heterocycles. The smallest absolute Gasteiger partial charge is 0.215 e. The zero-order chi connectivity index (χ0) is 14.0. The van der Waals surface area contributed by atoms with Crippen LogP contribution >= 0.6 is 11.6 Å². The lowest BCUT2D eigenvalue weighted by Crippen LogP contribution is -2.33. The van der Waals surface area contributed by atoms with Gasteiger partial charge in [-0.15, -0.1) is 0 Å². The van der Waals surface area contributed by atoms with Gasteiger partial charge in [-0.1, -0.05) is 30.7 Å². The van der Waals surface area contributed by atoms with E-state index in [4.69, 9.17) is 21.1 Å². The molecular formula is C14H16ClN3O2. The summed E-state index contributed by atoms with van der Waals surface area (Å²) in [5.41, 5.74) is 0.938. The van der Waals surface area contributed by atoms with Crippen LogP contribution in [-0.2, 0) is 21.8 Å². The van der Waals surface area contributed by atoms with Gasteiger partial charge in [0, 0.05) is 10.6 Å². The van der Waals surface area contributed by atoms with Gasteiger partial charge < -0.3 is 9.47 Å². The second-order valence-electron chi connectivity index (χ2n) is 4.81. The second kappa shape index (κ2) is 5.52. The van der Waals surface area contributed by atoms with Crippen molar-refractivity contribution in [3.63, 3.8) is 0 Å². The lowest BCUT2D eigenvalue weighted by atomic mass is 10.1. The minimum Gasteiger partial charge on any atom is -0.342 e. The second-order valence-corrected chi connectivity index (χ2v) is 5.25. The fraction of sp³-hybridized carbons (Fsp3) is 0.429. The molecule has 1 fully saturated rings. The molecule has 2 unspecified atom stereocenters. The van der Waals surface area contributed by atoms with E-state index in [0.29, 0.717) is 18.2 Å². The summed E-state index contributed by atoms with van der Waals surface area (Å²) < 4.78 is 13.8. The fourth-order valence-electron chi connectivity index (χ4n) is 2.32. The summed E-state index contributed by atoms with van der Waals surface area (Å²) >= 11 is 5.95. The molecule has 0 bridgehead atoms. The molecule has 106 valence electrons. The molecule has 3 rings (SSSR count). The molecule has 0 radical (unpaired) electrons. The Morgan fingerprint density at radius 2 is 2.20 bits per heavy atom. The highest BCUT2D eigenvalue weighted by atomic mass is 35.5. The Bertz CT molecular complexity index is 558. The van der Waals surface area contributed by atoms with E-state index >= 15 is 0 Å². The Morgan fingerprint density at radius 1 is 1.40 bits per heavy atom. The number of ether oxygens (including phenoxy) is 2. The molecule has 0 aliphatic carbocycles. The van der Waals surface area contributed by atoms with Crippen molar-refractivity contribution in [2.75, 3.05) is 6.61 Å². The van der Waals surface area contributed by atoms with Crippen LogP contribution in [0.5, 0.6) is 0 Å². The highest BCUT2D eigenvalue weighted by molar-refractivity contribution is 6.30. The SMILES string of the molecule is CCC1COC(Cn2cncn2)(c2ccc(Cl)cc2)O1. The van der Waals surface area contributed by atoms with E-state index in [2.05, 4.69) is 17.0 Å². The standard InChI is InChI=1S/C14H16ClN3O2/c1-2-13-7-19-14(20-13,8-18-10-16-9-17-18)11-3-5-12(15)6-4-11/h3-6,9-10,13H,2,7-8H2,1H3. The molecule has 2 heterocycles. The van der Waals surface area contributed by atoms with Gasteiger partial charge in [0.25, 0.3) is 0 Å². The number of aromatic nitrogens is 3. The predicted octanol–water partition coefficient (Wildman–Crippen LogP) is 2.61. The average molecular weight is 294 g/mol. The molecule has 0 N–H and O–H groups in total. The molecule has 1 aliphatic heterocycles. The molecule has 20 heavy (non-hydrogen) atoms. The van der Waals surface area contributed by atoms with Gasteiger partial charge in [-0.2, -0.15) is 5.10 Å². The molecule has 1 aliphatic rings. The molecule has 0 amide bonds. The maximum atomic E-state index is 6.14. The maximum Gasteiger partial charge on any atom is 0.215 e. The molecule has 0 saturated carbocycles. The van der Waals surface area contributed by atoms with Gasteiger partial charge in [0.15, 0.2) is 0 Å². The number of rotatable bonds is 4. The molecule has 1 aromatic heterocycles. The number of benzene rings is 1. The topological polar surface area (TPSA) is 49.2 Å². The third kappa shape index (κ3) is 2.57. The summed E-state index contributed by atoms with van der Waals surface area (Å²) in [6.45, 7) is 3.13. The van der Waals surface area contributed by atoms with Crippen molar-refractivity contribution in [2.24, 2.45) is 0 Å². The third-order valence-corrected chi connectivity index (χ3v) is 3.69. The highest BCUT2D eigenvalue weighted by Crippen LogP contribution is 2.37. The van der Waals surface area contributed by atoms with E-state index in [1.807, 2.05) is 24.3 Å². The van der Waals surface area contributed by atoms with Crippen LogP contribution in [-0.4, -0.2) is 27.5 Å². The predicted molar refractivity (Wildman–Crippen MR) is 74.3 cm³/mol. The Kier molecular flexibility index (Phi) is 3.74. The van der Waals surface area contributed by atoms with Crippen molar-refractivity contribution in [3.8, 4) is 0 Å². The van der Waals surface area contributed by atoms with Gasteiger partial charge in [0.05, 0.1) is 12.7 Å². The van der Waals surface area contributed by atoms with E-state index in [0.717, 1.165) is 12.0 Å². The van der Waals surface area contributed by atoms with Crippen LogP contribution in [0.15, 0.2) is 36.9 Å². The monoisotopic (exact) mass is 293 g/mol. The lowest BCUT2D eigenvalue weighted by molar-refractivity contribution is -0.188. The van der Waals surface area contributed by atoms with Crippen molar-refractivity contribution < 1.29 is 9.47 Å². The van der Waals surface area contributed by atoms with Crippen molar-refractivity contribution in [1.82, 2.24) is 14.8 Å². The van der Waals surface area contributed by atoms with Crippen molar-refractivity contribution in [3.05, 3.63) is 47.5 Å². The molecule has 5 nitrogen and oxygen atoms in total. The number of hydrogen-bond donors (Lipinski definition) is 0. The Hall–Kier alpha value is -1.43. The molecule has 2 aromatic rings. The Balaban J connectivity index is 1.93. The van der Waals surface area contributed by atoms with Gasteiger partial charge in [0.1, 0.15) is 19.2 Å². The lowest BCUT2D eigenvalue weighted by Gasteiger charge is -2.28. The van der Waals surface area contributed by atoms with Gasteiger partial charge in [-0.05, 0) is 18.6 Å². The maximum absolute atomic E-state index is 6.14. The number of hydrogen-bond acceptors (Lipinski definition) is 4. The quantitative estimate of drug-likeness (QED) is 0.869. The number of halogens is 1. The normalized spacial score (nSPS) is 26.0. The fourth-order valence-corrected chi connectivity index (χ4v) is 2.45. The number of nitrogens with zero attached hydrogens (tertiary/aromatic N) is 3. The zero-order valence-corrected chi connectivity index (χ0v) is 12.0. The van der Waals surface area contributed by atoms with Crippen LogP contribution in [0.4, 0.5) is 0 Å². The van der Waals surface area contributed by atoms with Crippen molar-refractivity contribution in [2.45, 2.75) is 31.8 Å². The van der Waals surface area contributed by atoms with Gasteiger partial charge in [0.2, 0.25) is 5.79 Å². The summed E-state index contributed by atoms with van der Waals surface area (Å²) in [4.78, 5) is 3.96. The summed E-state index contributed by atoms with van der Waals surface area (Å²) in [7, 11) is 0. The van der Waals surface area contributed by atoms with Crippen molar-refractivity contribution in [1.29, 1.82) is 0 Å². The molecule has 6 heteroatoms. The Labute approximate surface area is 122 Å². The first kappa shape index (κ1) is 13.5. The highest BCUT2D eigenvalue weighted by Gasteiger charge is 2.43. The molecular weight excluding hydrogens is 278 g/mol. The minimum atomic E-state index is -0.820. The van der Waals surface area contributed by atoms with E-state index in [1.54, 1.807) is 11.0 Å². The van der Waals surface area contributed by atoms with Crippen LogP contribution < -0.4 is 0 Å². The first-order valence-electron chi connectivity index (χ1n) is 6.62. The van der Waals surface area contributed by atoms with Crippen LogP contribution in [0.1, 0.15) is 18.9 Å². The Morgan fingerprint density at radius 3 is 2.80 bits per heavy atom. The van der Waals surface area contributed by atoms with Crippen LogP contribution in [0.3, 0.4) is 0 Å². The summed E-state index contributed by atoms with van der Waals surface area (Å²) in [5, 5.41) is 4.83. The zero-order valence-electron chi connectivity index (χ0n) is 11.2. The molecule has 1 aromatic carbocycles. The molecule has 2 atom stereocenters. The van der Waals surface area contributed by atoms with E-state index in [9.17, 15) is 0 Å². The minimum absolute atomic E-state index is 0.0919. The van der Waals surface area contributed by atoms with E-state index in [1.165, 1.54) is 6.33 Å². The summed E-state index contributed by atoms with van der Waals surface area (Å²) in [5.74, 6) is -0.820.